The summed E-state index contributed by atoms with van der Waals surface area (Å²) >= 11 is 2.74. The van der Waals surface area contributed by atoms with Gasteiger partial charge in [0, 0.05) is 17.7 Å². The van der Waals surface area contributed by atoms with Gasteiger partial charge in [-0.05, 0) is 6.92 Å². The zero-order valence-corrected chi connectivity index (χ0v) is 11.3. The predicted octanol–water partition coefficient (Wildman–Crippen LogP) is 1.77. The van der Waals surface area contributed by atoms with Gasteiger partial charge in [0.05, 0.1) is 6.04 Å². The van der Waals surface area contributed by atoms with Gasteiger partial charge in [-0.15, -0.1) is 11.3 Å². The second-order valence-electron chi connectivity index (χ2n) is 3.77. The zero-order valence-electron chi connectivity index (χ0n) is 9.66. The third kappa shape index (κ3) is 2.94. The Hall–Kier alpha value is -1.28. The summed E-state index contributed by atoms with van der Waals surface area (Å²) < 4.78 is 5.60. The minimum Gasteiger partial charge on any atom is -0.476 e. The number of nitrogens with zero attached hydrogens (tertiary/aromatic N) is 2. The lowest BCUT2D eigenvalue weighted by molar-refractivity contribution is 0.0690. The van der Waals surface area contributed by atoms with Crippen molar-refractivity contribution in [3.8, 4) is 0 Å². The fraction of sp³-hybridized carbons (Fsp3) is 0.500. The minimum absolute atomic E-state index is 0.0662. The average molecular weight is 288 g/mol. The van der Waals surface area contributed by atoms with Gasteiger partial charge in [0.15, 0.2) is 10.0 Å². The normalized spacial score (nSPS) is 19.1. The smallest absolute Gasteiger partial charge is 0.410 e. The fourth-order valence-electron chi connectivity index (χ4n) is 1.51. The molecule has 0 radical (unpaired) electrons. The second kappa shape index (κ2) is 5.57. The van der Waals surface area contributed by atoms with Crippen LogP contribution in [0.25, 0.3) is 0 Å². The molecule has 1 unspecified atom stereocenters. The lowest BCUT2D eigenvalue weighted by Gasteiger charge is -2.16. The lowest BCUT2D eigenvalue weighted by Crippen LogP contribution is -2.33. The average Bonchev–Trinajstić information content (AvgIpc) is 2.90. The van der Waals surface area contributed by atoms with Crippen LogP contribution >= 0.6 is 23.1 Å². The first kappa shape index (κ1) is 13.2. The Bertz CT molecular complexity index is 462. The van der Waals surface area contributed by atoms with Gasteiger partial charge < -0.3 is 14.7 Å². The Morgan fingerprint density at radius 2 is 2.56 bits per heavy atom. The number of ether oxygens (including phenoxy) is 1. The molecule has 1 N–H and O–H groups in total. The van der Waals surface area contributed by atoms with Gasteiger partial charge >= 0.3 is 12.1 Å². The van der Waals surface area contributed by atoms with Crippen LogP contribution in [0.5, 0.6) is 0 Å². The van der Waals surface area contributed by atoms with E-state index in [9.17, 15) is 9.59 Å². The number of carbonyl (C=O) groups is 2. The number of carboxylic acid groups (broad SMARTS) is 1. The number of aromatic nitrogens is 1. The van der Waals surface area contributed by atoms with Crippen molar-refractivity contribution in [1.29, 1.82) is 0 Å². The maximum absolute atomic E-state index is 11.3. The maximum atomic E-state index is 11.3. The van der Waals surface area contributed by atoms with Crippen molar-refractivity contribution < 1.29 is 19.4 Å². The number of hydrogen-bond acceptors (Lipinski definition) is 6. The Morgan fingerprint density at radius 3 is 3.11 bits per heavy atom. The molecule has 1 aliphatic heterocycles. The molecule has 8 heteroatoms. The molecule has 1 aliphatic rings. The number of aromatic carboxylic acids is 1. The Kier molecular flexibility index (Phi) is 4.07. The molecule has 1 fully saturated rings. The zero-order chi connectivity index (χ0) is 13.1. The van der Waals surface area contributed by atoms with Crippen LogP contribution < -0.4 is 0 Å². The first-order valence-electron chi connectivity index (χ1n) is 5.33. The van der Waals surface area contributed by atoms with Crippen LogP contribution in [0.2, 0.25) is 0 Å². The summed E-state index contributed by atoms with van der Waals surface area (Å²) in [6.45, 7) is 2.94. The van der Waals surface area contributed by atoms with E-state index in [4.69, 9.17) is 9.84 Å². The number of thioether (sulfide) groups is 1. The number of hydrogen-bond donors (Lipinski definition) is 1. The number of rotatable bonds is 5. The standard InChI is InChI=1S/C10H12N2O4S2/c1-6-4-16-10(15)12(6)2-3-17-9-11-7(5-18-9)8(13)14/h5-6H,2-4H2,1H3,(H,13,14). The molecule has 1 saturated heterocycles. The molecule has 0 spiro atoms. The van der Waals surface area contributed by atoms with Gasteiger partial charge in [-0.3, -0.25) is 0 Å². The number of amides is 1. The highest BCUT2D eigenvalue weighted by Crippen LogP contribution is 2.23. The SMILES string of the molecule is CC1COC(=O)N1CCSc1nc(C(=O)O)cs1. The molecule has 2 heterocycles. The van der Waals surface area contributed by atoms with Crippen LogP contribution in [0.4, 0.5) is 4.79 Å². The molecule has 98 valence electrons. The summed E-state index contributed by atoms with van der Waals surface area (Å²) in [6.07, 6.45) is -0.284. The van der Waals surface area contributed by atoms with Crippen molar-refractivity contribution in [2.75, 3.05) is 18.9 Å². The van der Waals surface area contributed by atoms with Crippen LogP contribution in [0.1, 0.15) is 17.4 Å². The van der Waals surface area contributed by atoms with Crippen molar-refractivity contribution in [3.63, 3.8) is 0 Å². The van der Waals surface area contributed by atoms with Gasteiger partial charge in [0.2, 0.25) is 0 Å². The summed E-state index contributed by atoms with van der Waals surface area (Å²) in [5, 5.41) is 10.2. The van der Waals surface area contributed by atoms with Crippen LogP contribution in [0.15, 0.2) is 9.72 Å². The molecular weight excluding hydrogens is 276 g/mol. The molecule has 0 bridgehead atoms. The molecule has 0 aromatic carbocycles. The highest BCUT2D eigenvalue weighted by atomic mass is 32.2. The summed E-state index contributed by atoms with van der Waals surface area (Å²) in [5.74, 6) is -0.346. The van der Waals surface area contributed by atoms with E-state index in [0.717, 1.165) is 0 Å². The van der Waals surface area contributed by atoms with Crippen molar-refractivity contribution in [1.82, 2.24) is 9.88 Å². The number of cyclic esters (lactones) is 1. The van der Waals surface area contributed by atoms with E-state index in [1.54, 1.807) is 4.90 Å². The topological polar surface area (TPSA) is 79.7 Å². The fourth-order valence-corrected chi connectivity index (χ4v) is 3.32. The van der Waals surface area contributed by atoms with Crippen molar-refractivity contribution in [2.24, 2.45) is 0 Å². The van der Waals surface area contributed by atoms with Gasteiger partial charge in [0.1, 0.15) is 6.61 Å². The largest absolute Gasteiger partial charge is 0.476 e. The van der Waals surface area contributed by atoms with Crippen molar-refractivity contribution in [2.45, 2.75) is 17.3 Å². The van der Waals surface area contributed by atoms with E-state index < -0.39 is 5.97 Å². The first-order chi connectivity index (χ1) is 8.58. The third-order valence-corrected chi connectivity index (χ3v) is 4.48. The highest BCUT2D eigenvalue weighted by Gasteiger charge is 2.28. The Labute approximate surface area is 112 Å². The van der Waals surface area contributed by atoms with E-state index in [-0.39, 0.29) is 17.8 Å². The van der Waals surface area contributed by atoms with E-state index in [2.05, 4.69) is 4.98 Å². The molecule has 6 nitrogen and oxygen atoms in total. The van der Waals surface area contributed by atoms with Gasteiger partial charge in [-0.2, -0.15) is 0 Å². The van der Waals surface area contributed by atoms with Crippen LogP contribution in [0, 0.1) is 0 Å². The van der Waals surface area contributed by atoms with E-state index in [1.165, 1.54) is 28.5 Å². The Balaban J connectivity index is 1.81. The molecule has 1 aromatic rings. The molecule has 0 aliphatic carbocycles. The van der Waals surface area contributed by atoms with E-state index >= 15 is 0 Å². The summed E-state index contributed by atoms with van der Waals surface area (Å²) in [4.78, 5) is 27.6. The molecule has 0 saturated carbocycles. The molecule has 1 amide bonds. The van der Waals surface area contributed by atoms with Gasteiger partial charge in [0.25, 0.3) is 0 Å². The van der Waals surface area contributed by atoms with Gasteiger partial charge in [-0.25, -0.2) is 14.6 Å². The van der Waals surface area contributed by atoms with Crippen molar-refractivity contribution >= 4 is 35.2 Å². The van der Waals surface area contributed by atoms with Crippen LogP contribution in [-0.4, -0.2) is 52.0 Å². The number of carboxylic acids is 1. The number of carbonyl (C=O) groups excluding carboxylic acids is 1. The van der Waals surface area contributed by atoms with E-state index in [0.29, 0.717) is 23.2 Å². The molecular formula is C10H12N2O4S2. The molecule has 1 aromatic heterocycles. The predicted molar refractivity (Wildman–Crippen MR) is 67.3 cm³/mol. The van der Waals surface area contributed by atoms with Gasteiger partial charge in [-0.1, -0.05) is 11.8 Å². The molecule has 18 heavy (non-hydrogen) atoms. The monoisotopic (exact) mass is 288 g/mol. The van der Waals surface area contributed by atoms with Crippen LogP contribution in [-0.2, 0) is 4.74 Å². The maximum Gasteiger partial charge on any atom is 0.410 e. The summed E-state index contributed by atoms with van der Waals surface area (Å²) in [7, 11) is 0. The van der Waals surface area contributed by atoms with E-state index in [1.807, 2.05) is 6.92 Å². The first-order valence-corrected chi connectivity index (χ1v) is 7.19. The highest BCUT2D eigenvalue weighted by molar-refractivity contribution is 8.01. The minimum atomic E-state index is -1.02. The number of thiazole rings is 1. The molecule has 2 rings (SSSR count). The van der Waals surface area contributed by atoms with Crippen LogP contribution in [0.3, 0.4) is 0 Å². The van der Waals surface area contributed by atoms with Crippen molar-refractivity contribution in [3.05, 3.63) is 11.1 Å². The Morgan fingerprint density at radius 1 is 1.78 bits per heavy atom. The summed E-state index contributed by atoms with van der Waals surface area (Å²) in [6, 6.07) is 0.101. The molecule has 1 atom stereocenters. The second-order valence-corrected chi connectivity index (χ2v) is 5.97. The quantitative estimate of drug-likeness (QED) is 0.832. The summed E-state index contributed by atoms with van der Waals surface area (Å²) in [5.41, 5.74) is 0.0662. The third-order valence-electron chi connectivity index (χ3n) is 2.47. The lowest BCUT2D eigenvalue weighted by atomic mass is 10.3.